The second-order valence-electron chi connectivity index (χ2n) is 7.72. The molecule has 2 N–H and O–H groups in total. The minimum Gasteiger partial charge on any atom is -0.382 e. The molecule has 0 aliphatic rings. The first-order valence-corrected chi connectivity index (χ1v) is 10.9. The fourth-order valence-corrected chi connectivity index (χ4v) is 4.38. The largest absolute Gasteiger partial charge is 0.382 e. The molecule has 1 aromatic carbocycles. The molecular weight excluding hydrogens is 394 g/mol. The Balaban J connectivity index is 1.80. The Morgan fingerprint density at radius 3 is 2.53 bits per heavy atom. The highest BCUT2D eigenvalue weighted by molar-refractivity contribution is 7.21. The summed E-state index contributed by atoms with van der Waals surface area (Å²) in [4.78, 5) is 26.2. The average molecular weight is 420 g/mol. The van der Waals surface area contributed by atoms with Crippen LogP contribution in [0.5, 0.6) is 0 Å². The van der Waals surface area contributed by atoms with E-state index < -0.39 is 0 Å². The van der Waals surface area contributed by atoms with E-state index in [-0.39, 0.29) is 6.04 Å². The highest BCUT2D eigenvalue weighted by Gasteiger charge is 2.16. The van der Waals surface area contributed by atoms with Crippen molar-refractivity contribution in [3.8, 4) is 11.3 Å². The van der Waals surface area contributed by atoms with Gasteiger partial charge in [0.2, 0.25) is 0 Å². The number of carbonyl (C=O) groups is 1. The number of benzene rings is 1. The number of nitrogens with one attached hydrogen (secondary N) is 2. The number of pyridine rings is 1. The summed E-state index contributed by atoms with van der Waals surface area (Å²) in [7, 11) is 1.93. The van der Waals surface area contributed by atoms with Gasteiger partial charge in [-0.05, 0) is 38.2 Å². The Labute approximate surface area is 179 Å². The quantitative estimate of drug-likeness (QED) is 0.416. The van der Waals surface area contributed by atoms with Crippen LogP contribution < -0.4 is 10.6 Å². The summed E-state index contributed by atoms with van der Waals surface area (Å²) in [6.45, 7) is 6.98. The second-order valence-corrected chi connectivity index (χ2v) is 8.80. The number of aromatic nitrogens is 3. The first kappa shape index (κ1) is 20.4. The molecule has 6 nitrogen and oxygen atoms in total. The molecule has 0 aliphatic carbocycles. The lowest BCUT2D eigenvalue weighted by atomic mass is 10.1. The molecule has 0 aliphatic heterocycles. The first-order valence-electron chi connectivity index (χ1n) is 10.1. The van der Waals surface area contributed by atoms with Crippen molar-refractivity contribution in [2.45, 2.75) is 32.7 Å². The van der Waals surface area contributed by atoms with Crippen LogP contribution >= 0.6 is 11.3 Å². The molecule has 3 heterocycles. The van der Waals surface area contributed by atoms with Crippen molar-refractivity contribution in [2.75, 3.05) is 18.9 Å². The number of anilines is 1. The summed E-state index contributed by atoms with van der Waals surface area (Å²) < 4.78 is 1.07. The number of rotatable bonds is 7. The third kappa shape index (κ3) is 3.78. The van der Waals surface area contributed by atoms with Crippen molar-refractivity contribution in [1.29, 1.82) is 0 Å². The lowest BCUT2D eigenvalue weighted by Crippen LogP contribution is -2.29. The summed E-state index contributed by atoms with van der Waals surface area (Å²) >= 11 is 1.50. The van der Waals surface area contributed by atoms with Gasteiger partial charge in [0.1, 0.15) is 5.82 Å². The van der Waals surface area contributed by atoms with E-state index in [2.05, 4.69) is 47.4 Å². The summed E-state index contributed by atoms with van der Waals surface area (Å²) in [6.07, 6.45) is 4.59. The molecule has 0 amide bonds. The van der Waals surface area contributed by atoms with E-state index in [0.717, 1.165) is 56.6 Å². The molecule has 4 aromatic rings. The van der Waals surface area contributed by atoms with Crippen molar-refractivity contribution in [3.05, 3.63) is 47.4 Å². The predicted octanol–water partition coefficient (Wildman–Crippen LogP) is 4.86. The highest BCUT2D eigenvalue weighted by Crippen LogP contribution is 2.39. The zero-order valence-electron chi connectivity index (χ0n) is 17.6. The van der Waals surface area contributed by atoms with Gasteiger partial charge < -0.3 is 10.6 Å². The summed E-state index contributed by atoms with van der Waals surface area (Å²) in [5.41, 5.74) is 3.49. The van der Waals surface area contributed by atoms with Gasteiger partial charge in [-0.3, -0.25) is 4.79 Å². The molecule has 4 rings (SSSR count). The van der Waals surface area contributed by atoms with Gasteiger partial charge in [0, 0.05) is 51.9 Å². The molecule has 3 aromatic heterocycles. The van der Waals surface area contributed by atoms with E-state index >= 15 is 0 Å². The minimum absolute atomic E-state index is 0.285. The maximum atomic E-state index is 11.7. The zero-order valence-corrected chi connectivity index (χ0v) is 18.4. The first-order chi connectivity index (χ1) is 14.5. The molecule has 0 radical (unpaired) electrons. The molecule has 0 fully saturated rings. The Hall–Kier alpha value is -2.90. The number of hydrogen-bond acceptors (Lipinski definition) is 7. The third-order valence-corrected chi connectivity index (χ3v) is 6.30. The van der Waals surface area contributed by atoms with Crippen molar-refractivity contribution in [3.63, 3.8) is 0 Å². The lowest BCUT2D eigenvalue weighted by molar-refractivity contribution is 0.112. The van der Waals surface area contributed by atoms with E-state index in [1.165, 1.54) is 11.3 Å². The van der Waals surface area contributed by atoms with E-state index in [1.807, 2.05) is 37.6 Å². The van der Waals surface area contributed by atoms with Crippen molar-refractivity contribution in [2.24, 2.45) is 0 Å². The molecule has 1 atom stereocenters. The number of aldehydes is 1. The van der Waals surface area contributed by atoms with Gasteiger partial charge in [-0.2, -0.15) is 0 Å². The third-order valence-electron chi connectivity index (χ3n) is 5.22. The highest BCUT2D eigenvalue weighted by atomic mass is 32.1. The van der Waals surface area contributed by atoms with Crippen LogP contribution in [-0.2, 0) is 0 Å². The number of hydrogen-bond donors (Lipinski definition) is 2. The number of likely N-dealkylation sites (N-methyl/N-ethyl adjacent to an activating group) is 1. The van der Waals surface area contributed by atoms with E-state index in [9.17, 15) is 4.79 Å². The summed E-state index contributed by atoms with van der Waals surface area (Å²) in [6, 6.07) is 8.40. The normalized spacial score (nSPS) is 12.6. The number of nitrogens with zero attached hydrogens (tertiary/aromatic N) is 3. The maximum absolute atomic E-state index is 11.7. The van der Waals surface area contributed by atoms with Crippen LogP contribution in [0.25, 0.3) is 32.2 Å². The molecule has 7 heteroatoms. The SMILES string of the molecule is CN[C@H](C)CNc1c(C=O)sc2ccc3nc(-c4cnc(C(C)C)nc4)ccc3c12. The average Bonchev–Trinajstić information content (AvgIpc) is 3.15. The zero-order chi connectivity index (χ0) is 21.3. The molecule has 0 bridgehead atoms. The van der Waals surface area contributed by atoms with Gasteiger partial charge >= 0.3 is 0 Å². The standard InChI is InChI=1S/C23H25N5OS/c1-13(2)23-26-10-15(11-27-23)17-6-5-16-18(28-17)7-8-19-21(16)22(20(12-29)30-19)25-9-14(3)24-4/h5-8,10-14,24-25H,9H2,1-4H3/t14-/m1/s1. The van der Waals surface area contributed by atoms with Gasteiger partial charge in [-0.25, -0.2) is 15.0 Å². The molecule has 154 valence electrons. The summed E-state index contributed by atoms with van der Waals surface area (Å²) in [5, 5.41) is 8.75. The molecular formula is C23H25N5OS. The van der Waals surface area contributed by atoms with E-state index in [1.54, 1.807) is 0 Å². The van der Waals surface area contributed by atoms with Crippen LogP contribution in [0.1, 0.15) is 42.2 Å². The van der Waals surface area contributed by atoms with Crippen molar-refractivity contribution < 1.29 is 4.79 Å². The van der Waals surface area contributed by atoms with Gasteiger partial charge in [-0.1, -0.05) is 13.8 Å². The van der Waals surface area contributed by atoms with Crippen LogP contribution in [0, 0.1) is 0 Å². The maximum Gasteiger partial charge on any atom is 0.162 e. The summed E-state index contributed by atoms with van der Waals surface area (Å²) in [5.74, 6) is 1.12. The predicted molar refractivity (Wildman–Crippen MR) is 125 cm³/mol. The van der Waals surface area contributed by atoms with E-state index in [0.29, 0.717) is 10.8 Å². The fraction of sp³-hybridized carbons (Fsp3) is 0.304. The molecule has 0 saturated carbocycles. The van der Waals surface area contributed by atoms with Gasteiger partial charge in [0.05, 0.1) is 21.8 Å². The Kier molecular flexibility index (Phi) is 5.74. The molecule has 0 saturated heterocycles. The monoisotopic (exact) mass is 419 g/mol. The van der Waals surface area contributed by atoms with Crippen LogP contribution in [0.3, 0.4) is 0 Å². The van der Waals surface area contributed by atoms with Crippen LogP contribution in [0.15, 0.2) is 36.7 Å². The smallest absolute Gasteiger partial charge is 0.162 e. The Bertz CT molecular complexity index is 1200. The van der Waals surface area contributed by atoms with Crippen LogP contribution in [0.4, 0.5) is 5.69 Å². The van der Waals surface area contributed by atoms with Crippen molar-refractivity contribution in [1.82, 2.24) is 20.3 Å². The van der Waals surface area contributed by atoms with Crippen LogP contribution in [-0.4, -0.2) is 40.9 Å². The Morgan fingerprint density at radius 2 is 1.87 bits per heavy atom. The van der Waals surface area contributed by atoms with Crippen molar-refractivity contribution >= 4 is 44.3 Å². The minimum atomic E-state index is 0.285. The number of fused-ring (bicyclic) bond motifs is 3. The van der Waals surface area contributed by atoms with Gasteiger partial charge in [0.15, 0.2) is 6.29 Å². The molecule has 30 heavy (non-hydrogen) atoms. The van der Waals surface area contributed by atoms with E-state index in [4.69, 9.17) is 4.98 Å². The molecule has 0 unspecified atom stereocenters. The second kappa shape index (κ2) is 8.45. The molecule has 0 spiro atoms. The van der Waals surface area contributed by atoms with Gasteiger partial charge in [0.25, 0.3) is 0 Å². The Morgan fingerprint density at radius 1 is 1.10 bits per heavy atom. The number of thiophene rings is 1. The lowest BCUT2D eigenvalue weighted by Gasteiger charge is -2.13. The fourth-order valence-electron chi connectivity index (χ4n) is 3.36. The topological polar surface area (TPSA) is 79.8 Å². The van der Waals surface area contributed by atoms with Gasteiger partial charge in [-0.15, -0.1) is 11.3 Å². The number of carbonyl (C=O) groups excluding carboxylic acids is 1. The van der Waals surface area contributed by atoms with Crippen LogP contribution in [0.2, 0.25) is 0 Å².